The maximum atomic E-state index is 5.44. The molecular formula is C12H26N4O. The van der Waals surface area contributed by atoms with Gasteiger partial charge in [0.2, 0.25) is 5.96 Å². The third-order valence-electron chi connectivity index (χ3n) is 3.33. The zero-order valence-electron chi connectivity index (χ0n) is 11.1. The number of hydrogen-bond acceptors (Lipinski definition) is 3. The van der Waals surface area contributed by atoms with E-state index >= 15 is 0 Å². The Morgan fingerprint density at radius 3 is 2.76 bits per heavy atom. The molecule has 5 heteroatoms. The Bertz CT molecular complexity index is 239. The number of rotatable bonds is 8. The lowest BCUT2D eigenvalue weighted by Gasteiger charge is -2.13. The Kier molecular flexibility index (Phi) is 6.29. The van der Waals surface area contributed by atoms with E-state index in [1.165, 1.54) is 19.3 Å². The molecule has 0 heterocycles. The van der Waals surface area contributed by atoms with Gasteiger partial charge in [0.25, 0.3) is 0 Å². The fraction of sp³-hybridized carbons (Fsp3) is 0.917. The van der Waals surface area contributed by atoms with Crippen molar-refractivity contribution in [3.05, 3.63) is 0 Å². The molecule has 0 radical (unpaired) electrons. The molecule has 4 N–H and O–H groups in total. The Morgan fingerprint density at radius 2 is 2.24 bits per heavy atom. The highest BCUT2D eigenvalue weighted by atomic mass is 16.5. The van der Waals surface area contributed by atoms with Crippen molar-refractivity contribution in [1.29, 1.82) is 0 Å². The van der Waals surface area contributed by atoms with E-state index in [9.17, 15) is 0 Å². The Morgan fingerprint density at radius 1 is 1.47 bits per heavy atom. The molecule has 100 valence electrons. The number of nitrogens with zero attached hydrogens (tertiary/aromatic N) is 1. The summed E-state index contributed by atoms with van der Waals surface area (Å²) in [5.41, 5.74) is 3.00. The molecule has 1 aliphatic rings. The van der Waals surface area contributed by atoms with Crippen LogP contribution in [0.1, 0.15) is 39.0 Å². The van der Waals surface area contributed by atoms with E-state index in [1.807, 2.05) is 0 Å². The number of nitrogens with two attached hydrogens (primary N) is 1. The van der Waals surface area contributed by atoms with Crippen molar-refractivity contribution in [3.63, 3.8) is 0 Å². The zero-order chi connectivity index (χ0) is 12.6. The van der Waals surface area contributed by atoms with Gasteiger partial charge in [-0.2, -0.15) is 0 Å². The van der Waals surface area contributed by atoms with E-state index in [-0.39, 0.29) is 0 Å². The molecule has 1 fully saturated rings. The highest BCUT2D eigenvalue weighted by Crippen LogP contribution is 2.48. The minimum absolute atomic E-state index is 0.380. The molecule has 0 saturated heterocycles. The molecule has 0 aliphatic heterocycles. The third-order valence-corrected chi connectivity index (χ3v) is 3.33. The van der Waals surface area contributed by atoms with Crippen molar-refractivity contribution in [1.82, 2.24) is 10.7 Å². The average molecular weight is 242 g/mol. The number of methoxy groups -OCH3 is 1. The second-order valence-corrected chi connectivity index (χ2v) is 4.83. The summed E-state index contributed by atoms with van der Waals surface area (Å²) in [5, 5.41) is 3.21. The molecule has 0 spiro atoms. The molecule has 0 atom stereocenters. The molecule has 1 rings (SSSR count). The van der Waals surface area contributed by atoms with Crippen LogP contribution in [0.2, 0.25) is 0 Å². The quantitative estimate of drug-likeness (QED) is 0.195. The van der Waals surface area contributed by atoms with Crippen molar-refractivity contribution in [2.45, 2.75) is 39.0 Å². The van der Waals surface area contributed by atoms with Crippen LogP contribution in [-0.4, -0.2) is 32.8 Å². The van der Waals surface area contributed by atoms with Crippen LogP contribution in [0.4, 0.5) is 0 Å². The van der Waals surface area contributed by atoms with E-state index in [0.717, 1.165) is 32.5 Å². The van der Waals surface area contributed by atoms with Crippen LogP contribution in [0, 0.1) is 5.41 Å². The number of unbranched alkanes of at least 4 members (excludes halogenated alkanes) is 1. The van der Waals surface area contributed by atoms with Crippen LogP contribution >= 0.6 is 0 Å². The molecule has 1 saturated carbocycles. The minimum Gasteiger partial charge on any atom is -0.385 e. The first-order valence-corrected chi connectivity index (χ1v) is 6.50. The van der Waals surface area contributed by atoms with Gasteiger partial charge in [0.05, 0.1) is 0 Å². The molecule has 0 bridgehead atoms. The van der Waals surface area contributed by atoms with E-state index in [4.69, 9.17) is 10.6 Å². The normalized spacial score (nSPS) is 17.9. The number of ether oxygens (including phenoxy) is 1. The van der Waals surface area contributed by atoms with Crippen molar-refractivity contribution in [2.24, 2.45) is 16.3 Å². The highest BCUT2D eigenvalue weighted by Gasteiger charge is 2.41. The Hall–Kier alpha value is -0.810. The average Bonchev–Trinajstić information content (AvgIpc) is 3.12. The van der Waals surface area contributed by atoms with Crippen LogP contribution in [-0.2, 0) is 4.74 Å². The molecule has 17 heavy (non-hydrogen) atoms. The number of guanidine groups is 1. The Labute approximate surface area is 104 Å². The SMILES string of the molecule is CCCCNC(=NCC1(CCOC)CC1)NN. The van der Waals surface area contributed by atoms with Gasteiger partial charge < -0.3 is 10.1 Å². The molecule has 0 amide bonds. The smallest absolute Gasteiger partial charge is 0.205 e. The van der Waals surface area contributed by atoms with Crippen LogP contribution in [0.3, 0.4) is 0 Å². The molecular weight excluding hydrogens is 216 g/mol. The second-order valence-electron chi connectivity index (χ2n) is 4.83. The van der Waals surface area contributed by atoms with E-state index in [0.29, 0.717) is 11.4 Å². The fourth-order valence-corrected chi connectivity index (χ4v) is 1.77. The molecule has 0 aromatic heterocycles. The summed E-state index contributed by atoms with van der Waals surface area (Å²) in [6.45, 7) is 4.75. The first-order chi connectivity index (χ1) is 8.26. The minimum atomic E-state index is 0.380. The molecule has 0 aromatic carbocycles. The number of hydrogen-bond donors (Lipinski definition) is 3. The summed E-state index contributed by atoms with van der Waals surface area (Å²) >= 11 is 0. The van der Waals surface area contributed by atoms with Gasteiger partial charge in [-0.05, 0) is 31.1 Å². The molecule has 0 unspecified atom stereocenters. The summed E-state index contributed by atoms with van der Waals surface area (Å²) < 4.78 is 5.13. The van der Waals surface area contributed by atoms with E-state index in [2.05, 4.69) is 22.7 Å². The Balaban J connectivity index is 2.28. The predicted octanol–water partition coefficient (Wildman–Crippen LogP) is 1.01. The van der Waals surface area contributed by atoms with Gasteiger partial charge in [-0.3, -0.25) is 10.4 Å². The van der Waals surface area contributed by atoms with Crippen LogP contribution < -0.4 is 16.6 Å². The zero-order valence-corrected chi connectivity index (χ0v) is 11.1. The monoisotopic (exact) mass is 242 g/mol. The number of hydrazine groups is 1. The largest absolute Gasteiger partial charge is 0.385 e. The lowest BCUT2D eigenvalue weighted by molar-refractivity contribution is 0.174. The van der Waals surface area contributed by atoms with Gasteiger partial charge in [-0.25, -0.2) is 5.84 Å². The summed E-state index contributed by atoms with van der Waals surface area (Å²) in [4.78, 5) is 4.51. The van der Waals surface area contributed by atoms with Crippen molar-refractivity contribution in [2.75, 3.05) is 26.8 Å². The van der Waals surface area contributed by atoms with Crippen molar-refractivity contribution in [3.8, 4) is 0 Å². The van der Waals surface area contributed by atoms with Crippen molar-refractivity contribution < 1.29 is 4.74 Å². The van der Waals surface area contributed by atoms with Gasteiger partial charge in [0, 0.05) is 26.8 Å². The van der Waals surface area contributed by atoms with Gasteiger partial charge in [0.15, 0.2) is 0 Å². The fourth-order valence-electron chi connectivity index (χ4n) is 1.77. The standard InChI is InChI=1S/C12H26N4O/c1-3-4-8-14-11(16-13)15-10-12(5-6-12)7-9-17-2/h3-10,13H2,1-2H3,(H2,14,15,16). The number of nitrogens with one attached hydrogen (secondary N) is 2. The predicted molar refractivity (Wildman–Crippen MR) is 70.7 cm³/mol. The van der Waals surface area contributed by atoms with E-state index < -0.39 is 0 Å². The first kappa shape index (κ1) is 14.3. The van der Waals surface area contributed by atoms with Crippen LogP contribution in [0.15, 0.2) is 4.99 Å². The molecule has 1 aliphatic carbocycles. The lowest BCUT2D eigenvalue weighted by Crippen LogP contribution is -2.42. The van der Waals surface area contributed by atoms with Crippen LogP contribution in [0.5, 0.6) is 0 Å². The third kappa shape index (κ3) is 5.37. The highest BCUT2D eigenvalue weighted by molar-refractivity contribution is 5.79. The summed E-state index contributed by atoms with van der Waals surface area (Å²) in [6.07, 6.45) is 5.91. The molecule has 5 nitrogen and oxygen atoms in total. The van der Waals surface area contributed by atoms with Gasteiger partial charge in [-0.15, -0.1) is 0 Å². The summed E-state index contributed by atoms with van der Waals surface area (Å²) in [7, 11) is 1.75. The first-order valence-electron chi connectivity index (χ1n) is 6.50. The number of aliphatic imine (C=N–C) groups is 1. The van der Waals surface area contributed by atoms with Gasteiger partial charge in [0.1, 0.15) is 0 Å². The topological polar surface area (TPSA) is 71.7 Å². The van der Waals surface area contributed by atoms with Crippen molar-refractivity contribution >= 4 is 5.96 Å². The van der Waals surface area contributed by atoms with Crippen LogP contribution in [0.25, 0.3) is 0 Å². The summed E-state index contributed by atoms with van der Waals surface area (Å²) in [5.74, 6) is 6.15. The maximum Gasteiger partial charge on any atom is 0.205 e. The van der Waals surface area contributed by atoms with E-state index in [1.54, 1.807) is 7.11 Å². The van der Waals surface area contributed by atoms with Gasteiger partial charge >= 0.3 is 0 Å². The molecule has 0 aromatic rings. The lowest BCUT2D eigenvalue weighted by atomic mass is 10.0. The van der Waals surface area contributed by atoms with Gasteiger partial charge in [-0.1, -0.05) is 13.3 Å². The second kappa shape index (κ2) is 7.50. The summed E-state index contributed by atoms with van der Waals surface area (Å²) in [6, 6.07) is 0. The maximum absolute atomic E-state index is 5.44.